The normalized spacial score (nSPS) is 12.3. The average molecular weight is 413 g/mol. The molecule has 160 valence electrons. The van der Waals surface area contributed by atoms with E-state index in [1.807, 2.05) is 0 Å². The summed E-state index contributed by atoms with van der Waals surface area (Å²) < 4.78 is 12.5. The lowest BCUT2D eigenvalue weighted by Gasteiger charge is -2.24. The number of ether oxygens (including phenoxy) is 2. The molecule has 0 atom stereocenters. The molecule has 31 heavy (non-hydrogen) atoms. The van der Waals surface area contributed by atoms with Crippen LogP contribution in [-0.4, -0.2) is 11.2 Å². The number of rotatable bonds is 4. The SMILES string of the molecule is CC(C)(C)Oc1ccc(Cc2ccc(OC(C)(C)C)c3ccccc23)c2ccccc12. The second-order valence-electron chi connectivity index (χ2n) is 10.1. The lowest BCUT2D eigenvalue weighted by Crippen LogP contribution is -2.23. The maximum Gasteiger partial charge on any atom is 0.127 e. The number of fused-ring (bicyclic) bond motifs is 2. The molecule has 0 spiro atoms. The lowest BCUT2D eigenvalue weighted by molar-refractivity contribution is 0.132. The van der Waals surface area contributed by atoms with Crippen molar-refractivity contribution >= 4 is 21.5 Å². The highest BCUT2D eigenvalue weighted by Crippen LogP contribution is 2.35. The van der Waals surface area contributed by atoms with Gasteiger partial charge in [0.05, 0.1) is 0 Å². The summed E-state index contributed by atoms with van der Waals surface area (Å²) in [7, 11) is 0. The molecule has 0 unspecified atom stereocenters. The van der Waals surface area contributed by atoms with Crippen LogP contribution in [0.4, 0.5) is 0 Å². The smallest absolute Gasteiger partial charge is 0.127 e. The molecule has 0 amide bonds. The van der Waals surface area contributed by atoms with Crippen molar-refractivity contribution in [2.75, 3.05) is 0 Å². The Hall–Kier alpha value is -3.00. The fourth-order valence-corrected chi connectivity index (χ4v) is 4.02. The molecule has 0 heterocycles. The Kier molecular flexibility index (Phi) is 5.43. The van der Waals surface area contributed by atoms with Crippen LogP contribution in [0.3, 0.4) is 0 Å². The van der Waals surface area contributed by atoms with E-state index in [0.29, 0.717) is 0 Å². The molecule has 2 nitrogen and oxygen atoms in total. The first-order valence-electron chi connectivity index (χ1n) is 11.0. The molecule has 0 saturated heterocycles. The Morgan fingerprint density at radius 1 is 0.484 bits per heavy atom. The third kappa shape index (κ3) is 4.85. The van der Waals surface area contributed by atoms with E-state index in [1.165, 1.54) is 21.9 Å². The van der Waals surface area contributed by atoms with Crippen molar-refractivity contribution in [2.45, 2.75) is 59.2 Å². The van der Waals surface area contributed by atoms with Gasteiger partial charge in [0.15, 0.2) is 0 Å². The molecule has 4 aromatic carbocycles. The monoisotopic (exact) mass is 412 g/mol. The summed E-state index contributed by atoms with van der Waals surface area (Å²) in [5.41, 5.74) is 2.13. The van der Waals surface area contributed by atoms with Crippen LogP contribution in [0.5, 0.6) is 11.5 Å². The van der Waals surface area contributed by atoms with Gasteiger partial charge in [-0.05, 0) is 82.0 Å². The van der Waals surface area contributed by atoms with Crippen LogP contribution in [-0.2, 0) is 6.42 Å². The minimum absolute atomic E-state index is 0.233. The van der Waals surface area contributed by atoms with Crippen LogP contribution in [0.2, 0.25) is 0 Å². The van der Waals surface area contributed by atoms with Gasteiger partial charge < -0.3 is 9.47 Å². The van der Waals surface area contributed by atoms with Gasteiger partial charge in [-0.2, -0.15) is 0 Å². The highest BCUT2D eigenvalue weighted by atomic mass is 16.5. The van der Waals surface area contributed by atoms with Gasteiger partial charge in [0.1, 0.15) is 22.7 Å². The molecular weight excluding hydrogens is 380 g/mol. The Bertz CT molecular complexity index is 1130. The number of benzene rings is 4. The van der Waals surface area contributed by atoms with Crippen LogP contribution in [0.15, 0.2) is 72.8 Å². The van der Waals surface area contributed by atoms with Crippen molar-refractivity contribution in [1.29, 1.82) is 0 Å². The number of hydrogen-bond acceptors (Lipinski definition) is 2. The van der Waals surface area contributed by atoms with Crippen molar-refractivity contribution in [1.82, 2.24) is 0 Å². The predicted octanol–water partition coefficient (Wildman–Crippen LogP) is 7.94. The molecule has 0 aliphatic rings. The van der Waals surface area contributed by atoms with Gasteiger partial charge in [-0.3, -0.25) is 0 Å². The number of hydrogen-bond donors (Lipinski definition) is 0. The van der Waals surface area contributed by atoms with E-state index in [-0.39, 0.29) is 11.2 Å². The molecule has 0 aliphatic heterocycles. The first-order valence-corrected chi connectivity index (χ1v) is 11.0. The van der Waals surface area contributed by atoms with Crippen molar-refractivity contribution < 1.29 is 9.47 Å². The average Bonchev–Trinajstić information content (AvgIpc) is 2.69. The zero-order valence-electron chi connectivity index (χ0n) is 19.5. The summed E-state index contributed by atoms with van der Waals surface area (Å²) >= 11 is 0. The molecule has 0 aliphatic carbocycles. The molecule has 0 fully saturated rings. The van der Waals surface area contributed by atoms with E-state index in [0.717, 1.165) is 28.7 Å². The second-order valence-corrected chi connectivity index (χ2v) is 10.1. The minimum atomic E-state index is -0.233. The Morgan fingerprint density at radius 3 is 1.19 bits per heavy atom. The largest absolute Gasteiger partial charge is 0.488 e. The van der Waals surface area contributed by atoms with Crippen molar-refractivity contribution in [3.05, 3.63) is 83.9 Å². The summed E-state index contributed by atoms with van der Waals surface area (Å²) in [6, 6.07) is 25.7. The molecule has 0 radical (unpaired) electrons. The fraction of sp³-hybridized carbons (Fsp3) is 0.310. The zero-order chi connectivity index (χ0) is 22.2. The van der Waals surface area contributed by atoms with E-state index in [2.05, 4.69) is 114 Å². The van der Waals surface area contributed by atoms with Gasteiger partial charge in [-0.1, -0.05) is 60.7 Å². The second kappa shape index (κ2) is 7.92. The van der Waals surface area contributed by atoms with E-state index >= 15 is 0 Å². The summed E-state index contributed by atoms with van der Waals surface area (Å²) in [5, 5.41) is 4.80. The zero-order valence-corrected chi connectivity index (χ0v) is 19.5. The highest BCUT2D eigenvalue weighted by molar-refractivity contribution is 5.94. The van der Waals surface area contributed by atoms with E-state index in [4.69, 9.17) is 9.47 Å². The van der Waals surface area contributed by atoms with E-state index in [9.17, 15) is 0 Å². The fourth-order valence-electron chi connectivity index (χ4n) is 4.02. The molecule has 4 aromatic rings. The topological polar surface area (TPSA) is 18.5 Å². The predicted molar refractivity (Wildman–Crippen MR) is 131 cm³/mol. The summed E-state index contributed by atoms with van der Waals surface area (Å²) in [4.78, 5) is 0. The summed E-state index contributed by atoms with van der Waals surface area (Å²) in [6.45, 7) is 12.5. The van der Waals surface area contributed by atoms with E-state index in [1.54, 1.807) is 0 Å². The molecular formula is C29H32O2. The molecule has 0 N–H and O–H groups in total. The molecule has 0 bridgehead atoms. The van der Waals surface area contributed by atoms with E-state index < -0.39 is 0 Å². The standard InChI is InChI=1S/C29H32O2/c1-28(2,3)30-26-17-15-20(22-11-7-9-13-24(22)26)19-21-16-18-27(31-29(4,5)6)25-14-10-8-12-23(21)25/h7-18H,19H2,1-6H3. The van der Waals surface area contributed by atoms with Gasteiger partial charge >= 0.3 is 0 Å². The first kappa shape index (κ1) is 21.2. The Labute approximate surface area is 185 Å². The van der Waals surface area contributed by atoms with Gasteiger partial charge in [-0.25, -0.2) is 0 Å². The highest BCUT2D eigenvalue weighted by Gasteiger charge is 2.17. The summed E-state index contributed by atoms with van der Waals surface area (Å²) in [5.74, 6) is 1.87. The van der Waals surface area contributed by atoms with Crippen molar-refractivity contribution in [2.24, 2.45) is 0 Å². The summed E-state index contributed by atoms with van der Waals surface area (Å²) in [6.07, 6.45) is 0.854. The van der Waals surface area contributed by atoms with Crippen LogP contribution in [0.1, 0.15) is 52.7 Å². The van der Waals surface area contributed by atoms with Gasteiger partial charge in [-0.15, -0.1) is 0 Å². The van der Waals surface area contributed by atoms with Gasteiger partial charge in [0.2, 0.25) is 0 Å². The molecule has 4 rings (SSSR count). The maximum absolute atomic E-state index is 6.24. The molecule has 0 aromatic heterocycles. The first-order chi connectivity index (χ1) is 14.6. The van der Waals surface area contributed by atoms with Gasteiger partial charge in [0.25, 0.3) is 0 Å². The van der Waals surface area contributed by atoms with Crippen LogP contribution in [0, 0.1) is 0 Å². The van der Waals surface area contributed by atoms with Gasteiger partial charge in [0, 0.05) is 10.8 Å². The van der Waals surface area contributed by atoms with Crippen LogP contribution >= 0.6 is 0 Å². The molecule has 0 saturated carbocycles. The Balaban J connectivity index is 1.78. The Morgan fingerprint density at radius 2 is 0.839 bits per heavy atom. The third-order valence-corrected chi connectivity index (χ3v) is 5.16. The lowest BCUT2D eigenvalue weighted by atomic mass is 9.94. The third-order valence-electron chi connectivity index (χ3n) is 5.16. The van der Waals surface area contributed by atoms with Crippen LogP contribution in [0.25, 0.3) is 21.5 Å². The maximum atomic E-state index is 6.24. The van der Waals surface area contributed by atoms with Crippen LogP contribution < -0.4 is 9.47 Å². The minimum Gasteiger partial charge on any atom is -0.488 e. The van der Waals surface area contributed by atoms with Crippen molar-refractivity contribution in [3.63, 3.8) is 0 Å². The quantitative estimate of drug-likeness (QED) is 0.339. The molecule has 2 heteroatoms. The van der Waals surface area contributed by atoms with Crippen molar-refractivity contribution in [3.8, 4) is 11.5 Å².